The van der Waals surface area contributed by atoms with Crippen LogP contribution in [-0.2, 0) is 11.3 Å². The van der Waals surface area contributed by atoms with Gasteiger partial charge in [0.1, 0.15) is 0 Å². The second-order valence-corrected chi connectivity index (χ2v) is 8.85. The Morgan fingerprint density at radius 2 is 1.71 bits per heavy atom. The summed E-state index contributed by atoms with van der Waals surface area (Å²) in [6.07, 6.45) is 11.1. The quantitative estimate of drug-likeness (QED) is 0.630. The van der Waals surface area contributed by atoms with Crippen LogP contribution >= 0.6 is 0 Å². The van der Waals surface area contributed by atoms with Gasteiger partial charge in [0, 0.05) is 50.7 Å². The molecular formula is C26H35N3O2. The lowest BCUT2D eigenvalue weighted by Gasteiger charge is -2.28. The second kappa shape index (κ2) is 11.4. The fourth-order valence-corrected chi connectivity index (χ4v) is 4.79. The first kappa shape index (κ1) is 22.0. The molecule has 31 heavy (non-hydrogen) atoms. The van der Waals surface area contributed by atoms with Crippen molar-refractivity contribution in [2.45, 2.75) is 51.0 Å². The van der Waals surface area contributed by atoms with Crippen molar-refractivity contribution in [3.05, 3.63) is 65.5 Å². The molecule has 5 heteroatoms. The molecule has 0 unspecified atom stereocenters. The van der Waals surface area contributed by atoms with Crippen molar-refractivity contribution in [2.24, 2.45) is 0 Å². The van der Waals surface area contributed by atoms with E-state index in [0.29, 0.717) is 12.5 Å². The number of morpholine rings is 1. The Labute approximate surface area is 186 Å². The number of benzene rings is 1. The van der Waals surface area contributed by atoms with Crippen LogP contribution in [0.3, 0.4) is 0 Å². The highest BCUT2D eigenvalue weighted by atomic mass is 16.5. The number of carbonyl (C=O) groups is 1. The Kier molecular flexibility index (Phi) is 8.08. The van der Waals surface area contributed by atoms with Gasteiger partial charge in [0.25, 0.3) is 5.91 Å². The number of hydrogen-bond donors (Lipinski definition) is 0. The molecule has 0 bridgehead atoms. The SMILES string of the molecule is O=C(c1ccc(C2CCCCC2)cc1)N(CCCN1CCOCC1)Cc1ccncc1. The third kappa shape index (κ3) is 6.37. The smallest absolute Gasteiger partial charge is 0.254 e. The van der Waals surface area contributed by atoms with Crippen molar-refractivity contribution in [2.75, 3.05) is 39.4 Å². The summed E-state index contributed by atoms with van der Waals surface area (Å²) in [4.78, 5) is 21.9. The summed E-state index contributed by atoms with van der Waals surface area (Å²) in [6, 6.07) is 12.4. The summed E-state index contributed by atoms with van der Waals surface area (Å²) in [5.41, 5.74) is 3.30. The van der Waals surface area contributed by atoms with E-state index in [1.54, 1.807) is 12.4 Å². The predicted octanol–water partition coefficient (Wildman–Crippen LogP) is 4.49. The van der Waals surface area contributed by atoms with Crippen LogP contribution in [0.2, 0.25) is 0 Å². The molecule has 0 spiro atoms. The van der Waals surface area contributed by atoms with Gasteiger partial charge in [0.15, 0.2) is 0 Å². The van der Waals surface area contributed by atoms with Crippen LogP contribution in [0.4, 0.5) is 0 Å². The van der Waals surface area contributed by atoms with Gasteiger partial charge in [-0.3, -0.25) is 14.7 Å². The third-order valence-corrected chi connectivity index (χ3v) is 6.65. The van der Waals surface area contributed by atoms with E-state index in [9.17, 15) is 4.79 Å². The molecule has 4 rings (SSSR count). The number of rotatable bonds is 8. The molecule has 166 valence electrons. The number of hydrogen-bond acceptors (Lipinski definition) is 4. The molecule has 0 radical (unpaired) electrons. The van der Waals surface area contributed by atoms with E-state index in [1.165, 1.54) is 37.7 Å². The highest BCUT2D eigenvalue weighted by Crippen LogP contribution is 2.32. The second-order valence-electron chi connectivity index (χ2n) is 8.85. The molecule has 0 atom stereocenters. The van der Waals surface area contributed by atoms with E-state index in [1.807, 2.05) is 29.2 Å². The number of ether oxygens (including phenoxy) is 1. The molecule has 2 aromatic rings. The van der Waals surface area contributed by atoms with Crippen molar-refractivity contribution < 1.29 is 9.53 Å². The predicted molar refractivity (Wildman–Crippen MR) is 123 cm³/mol. The van der Waals surface area contributed by atoms with Gasteiger partial charge in [0.2, 0.25) is 0 Å². The van der Waals surface area contributed by atoms with Crippen molar-refractivity contribution >= 4 is 5.91 Å². The zero-order valence-electron chi connectivity index (χ0n) is 18.5. The Bertz CT molecular complexity index is 797. The minimum atomic E-state index is 0.119. The molecule has 5 nitrogen and oxygen atoms in total. The summed E-state index contributed by atoms with van der Waals surface area (Å²) in [5.74, 6) is 0.785. The highest BCUT2D eigenvalue weighted by molar-refractivity contribution is 5.94. The fraction of sp³-hybridized carbons (Fsp3) is 0.538. The largest absolute Gasteiger partial charge is 0.379 e. The summed E-state index contributed by atoms with van der Waals surface area (Å²) >= 11 is 0. The van der Waals surface area contributed by atoms with Crippen LogP contribution < -0.4 is 0 Å². The Hall–Kier alpha value is -2.24. The van der Waals surface area contributed by atoms with Crippen LogP contribution in [0, 0.1) is 0 Å². The first-order chi connectivity index (χ1) is 15.3. The van der Waals surface area contributed by atoms with Gasteiger partial charge in [-0.2, -0.15) is 0 Å². The molecule has 2 heterocycles. The van der Waals surface area contributed by atoms with Gasteiger partial charge in [-0.1, -0.05) is 31.4 Å². The van der Waals surface area contributed by atoms with Crippen LogP contribution in [-0.4, -0.2) is 60.1 Å². The maximum absolute atomic E-state index is 13.4. The molecule has 1 aliphatic heterocycles. The molecule has 1 aromatic carbocycles. The number of aromatic nitrogens is 1. The van der Waals surface area contributed by atoms with Gasteiger partial charge in [-0.15, -0.1) is 0 Å². The highest BCUT2D eigenvalue weighted by Gasteiger charge is 2.19. The number of pyridine rings is 1. The van der Waals surface area contributed by atoms with E-state index < -0.39 is 0 Å². The Balaban J connectivity index is 1.40. The van der Waals surface area contributed by atoms with Crippen LogP contribution in [0.25, 0.3) is 0 Å². The van der Waals surface area contributed by atoms with Crippen LogP contribution in [0.1, 0.15) is 65.9 Å². The van der Waals surface area contributed by atoms with Crippen molar-refractivity contribution in [3.63, 3.8) is 0 Å². The first-order valence-electron chi connectivity index (χ1n) is 11.9. The molecule has 1 aromatic heterocycles. The topological polar surface area (TPSA) is 45.7 Å². The first-order valence-corrected chi connectivity index (χ1v) is 11.9. The standard InChI is InChI=1S/C26H35N3O2/c30-26(25-9-7-24(8-10-25)23-5-2-1-3-6-23)29(21-22-11-13-27-14-12-22)16-4-15-28-17-19-31-20-18-28/h7-14,23H,1-6,15-21H2. The van der Waals surface area contributed by atoms with Gasteiger partial charge < -0.3 is 9.64 Å². The van der Waals surface area contributed by atoms with Crippen molar-refractivity contribution in [1.82, 2.24) is 14.8 Å². The Morgan fingerprint density at radius 1 is 1.00 bits per heavy atom. The average Bonchev–Trinajstić information content (AvgIpc) is 2.85. The molecule has 1 amide bonds. The van der Waals surface area contributed by atoms with Gasteiger partial charge >= 0.3 is 0 Å². The van der Waals surface area contributed by atoms with Gasteiger partial charge in [-0.05, 0) is 60.6 Å². The molecule has 2 fully saturated rings. The van der Waals surface area contributed by atoms with E-state index in [0.717, 1.165) is 56.9 Å². The average molecular weight is 422 g/mol. The van der Waals surface area contributed by atoms with Crippen molar-refractivity contribution in [1.29, 1.82) is 0 Å². The minimum Gasteiger partial charge on any atom is -0.379 e. The normalized spacial score (nSPS) is 18.1. The molecular weight excluding hydrogens is 386 g/mol. The zero-order valence-corrected chi connectivity index (χ0v) is 18.5. The zero-order chi connectivity index (χ0) is 21.3. The van der Waals surface area contributed by atoms with Gasteiger partial charge in [0.05, 0.1) is 13.2 Å². The molecule has 1 saturated carbocycles. The van der Waals surface area contributed by atoms with E-state index in [2.05, 4.69) is 22.0 Å². The summed E-state index contributed by atoms with van der Waals surface area (Å²) in [6.45, 7) is 5.98. The Morgan fingerprint density at radius 3 is 2.42 bits per heavy atom. The lowest BCUT2D eigenvalue weighted by Crippen LogP contribution is -2.39. The molecule has 2 aliphatic rings. The number of carbonyl (C=O) groups excluding carboxylic acids is 1. The summed E-state index contributed by atoms with van der Waals surface area (Å²) in [7, 11) is 0. The van der Waals surface area contributed by atoms with E-state index >= 15 is 0 Å². The van der Waals surface area contributed by atoms with Crippen molar-refractivity contribution in [3.8, 4) is 0 Å². The van der Waals surface area contributed by atoms with Crippen LogP contribution in [0.5, 0.6) is 0 Å². The fourth-order valence-electron chi connectivity index (χ4n) is 4.79. The minimum absolute atomic E-state index is 0.119. The number of nitrogens with zero attached hydrogens (tertiary/aromatic N) is 3. The number of amides is 1. The molecule has 1 saturated heterocycles. The van der Waals surface area contributed by atoms with E-state index in [4.69, 9.17) is 4.74 Å². The maximum atomic E-state index is 13.4. The third-order valence-electron chi connectivity index (χ3n) is 6.65. The van der Waals surface area contributed by atoms with Crippen LogP contribution in [0.15, 0.2) is 48.8 Å². The maximum Gasteiger partial charge on any atom is 0.254 e. The molecule has 0 N–H and O–H groups in total. The lowest BCUT2D eigenvalue weighted by atomic mass is 9.84. The van der Waals surface area contributed by atoms with E-state index in [-0.39, 0.29) is 5.91 Å². The monoisotopic (exact) mass is 421 g/mol. The lowest BCUT2D eigenvalue weighted by molar-refractivity contribution is 0.0355. The molecule has 1 aliphatic carbocycles. The summed E-state index contributed by atoms with van der Waals surface area (Å²) < 4.78 is 5.44. The van der Waals surface area contributed by atoms with Gasteiger partial charge in [-0.25, -0.2) is 0 Å². The summed E-state index contributed by atoms with van der Waals surface area (Å²) in [5, 5.41) is 0.